The van der Waals surface area contributed by atoms with Crippen LogP contribution in [0.25, 0.3) is 11.4 Å². The van der Waals surface area contributed by atoms with Crippen molar-refractivity contribution < 1.29 is 19.1 Å². The minimum absolute atomic E-state index is 0.00531. The van der Waals surface area contributed by atoms with Gasteiger partial charge in [0.15, 0.2) is 5.13 Å². The third-order valence-corrected chi connectivity index (χ3v) is 6.77. The fourth-order valence-corrected chi connectivity index (χ4v) is 4.68. The van der Waals surface area contributed by atoms with Gasteiger partial charge in [-0.15, -0.1) is 0 Å². The number of piperidine rings is 1. The number of hydrogen-bond donors (Lipinski definition) is 3. The van der Waals surface area contributed by atoms with Gasteiger partial charge in [-0.1, -0.05) is 22.9 Å². The Labute approximate surface area is 196 Å². The third-order valence-electron chi connectivity index (χ3n) is 5.19. The molecule has 4 rings (SSSR count). The highest BCUT2D eigenvalue weighted by Gasteiger charge is 2.34. The number of carboxylic acid groups (broad SMARTS) is 1. The van der Waals surface area contributed by atoms with E-state index in [-0.39, 0.29) is 39.8 Å². The molecule has 170 valence electrons. The predicted octanol–water partition coefficient (Wildman–Crippen LogP) is 2.81. The van der Waals surface area contributed by atoms with E-state index in [1.165, 1.54) is 18.6 Å². The van der Waals surface area contributed by atoms with Crippen molar-refractivity contribution in [2.45, 2.75) is 25.6 Å². The molecule has 4 heterocycles. The number of H-pyrrole nitrogens is 1. The number of aromatic nitrogens is 4. The molecule has 3 aromatic heterocycles. The van der Waals surface area contributed by atoms with E-state index in [1.807, 2.05) is 6.07 Å². The molecule has 2 atom stereocenters. The maximum absolute atomic E-state index is 15.0. The number of anilines is 1. The summed E-state index contributed by atoms with van der Waals surface area (Å²) in [5.74, 6) is -1.78. The fraction of sp³-hybridized carbons (Fsp3) is 0.300. The van der Waals surface area contributed by atoms with Crippen molar-refractivity contribution >= 4 is 39.9 Å². The van der Waals surface area contributed by atoms with Crippen LogP contribution >= 0.6 is 22.9 Å². The number of aromatic carboxylic acids is 1. The standard InChI is InChI=1S/C20H17ClFN7O3S/c1-9-14(21)10(6-23)15(26-9)18(30)27-12-2-5-29(8-11(12)22)20-28-16(17(33-20)19(31)32)13-7-24-3-4-25-13/h3-4,7,11-12,26H,2,5,8H2,1H3,(H,27,30)(H,31,32)/t11-,12+/m0/s1. The Hall–Kier alpha value is -3.56. The Bertz CT molecular complexity index is 1260. The number of thiazole rings is 1. The average Bonchev–Trinajstić information content (AvgIpc) is 3.37. The molecule has 0 radical (unpaired) electrons. The molecule has 33 heavy (non-hydrogen) atoms. The lowest BCUT2D eigenvalue weighted by Gasteiger charge is -2.34. The predicted molar refractivity (Wildman–Crippen MR) is 118 cm³/mol. The number of aromatic amines is 1. The summed E-state index contributed by atoms with van der Waals surface area (Å²) >= 11 is 6.96. The summed E-state index contributed by atoms with van der Waals surface area (Å²) < 4.78 is 15.0. The second kappa shape index (κ2) is 9.13. The van der Waals surface area contributed by atoms with Gasteiger partial charge in [-0.3, -0.25) is 14.8 Å². The number of halogens is 2. The van der Waals surface area contributed by atoms with Crippen LogP contribution in [-0.2, 0) is 0 Å². The van der Waals surface area contributed by atoms with Gasteiger partial charge >= 0.3 is 5.97 Å². The lowest BCUT2D eigenvalue weighted by atomic mass is 10.0. The number of carboxylic acids is 1. The summed E-state index contributed by atoms with van der Waals surface area (Å²) in [6, 6.07) is 1.09. The summed E-state index contributed by atoms with van der Waals surface area (Å²) in [5, 5.41) is 21.9. The van der Waals surface area contributed by atoms with Gasteiger partial charge in [0.1, 0.15) is 39.8 Å². The van der Waals surface area contributed by atoms with Crippen LogP contribution in [0.2, 0.25) is 5.02 Å². The minimum Gasteiger partial charge on any atom is -0.477 e. The summed E-state index contributed by atoms with van der Waals surface area (Å²) in [4.78, 5) is 41.1. The van der Waals surface area contributed by atoms with Crippen molar-refractivity contribution in [3.63, 3.8) is 0 Å². The molecular weight excluding hydrogens is 473 g/mol. The molecule has 3 aromatic rings. The quantitative estimate of drug-likeness (QED) is 0.495. The SMILES string of the molecule is Cc1[nH]c(C(=O)N[C@@H]2CCN(c3nc(-c4cnccn4)c(C(=O)O)s3)C[C@@H]2F)c(C#N)c1Cl. The van der Waals surface area contributed by atoms with Crippen LogP contribution in [-0.4, -0.2) is 62.2 Å². The molecule has 0 spiro atoms. The van der Waals surface area contributed by atoms with Gasteiger partial charge in [0, 0.05) is 24.6 Å². The highest BCUT2D eigenvalue weighted by atomic mass is 35.5. The van der Waals surface area contributed by atoms with Crippen molar-refractivity contribution in [3.8, 4) is 17.5 Å². The monoisotopic (exact) mass is 489 g/mol. The van der Waals surface area contributed by atoms with Crippen molar-refractivity contribution in [2.75, 3.05) is 18.0 Å². The van der Waals surface area contributed by atoms with Crippen molar-refractivity contribution in [1.82, 2.24) is 25.3 Å². The van der Waals surface area contributed by atoms with E-state index in [2.05, 4.69) is 25.3 Å². The van der Waals surface area contributed by atoms with Crippen LogP contribution in [0.1, 0.15) is 37.8 Å². The van der Waals surface area contributed by atoms with E-state index in [0.717, 1.165) is 11.3 Å². The number of hydrogen-bond acceptors (Lipinski definition) is 8. The number of rotatable bonds is 5. The van der Waals surface area contributed by atoms with Crippen molar-refractivity contribution in [3.05, 3.63) is 45.4 Å². The number of carbonyl (C=O) groups excluding carboxylic acids is 1. The number of alkyl halides is 1. The first kappa shape index (κ1) is 22.6. The second-order valence-electron chi connectivity index (χ2n) is 7.33. The Morgan fingerprint density at radius 2 is 2.24 bits per heavy atom. The second-order valence-corrected chi connectivity index (χ2v) is 8.68. The minimum atomic E-state index is -1.45. The number of carbonyl (C=O) groups is 2. The Morgan fingerprint density at radius 3 is 2.88 bits per heavy atom. The Kier molecular flexibility index (Phi) is 6.26. The summed E-state index contributed by atoms with van der Waals surface area (Å²) in [6.45, 7) is 1.88. The molecule has 1 aliphatic rings. The average molecular weight is 490 g/mol. The highest BCUT2D eigenvalue weighted by Crippen LogP contribution is 2.34. The topological polar surface area (TPSA) is 148 Å². The largest absolute Gasteiger partial charge is 0.477 e. The normalized spacial score (nSPS) is 18.1. The van der Waals surface area contributed by atoms with E-state index >= 15 is 0 Å². The van der Waals surface area contributed by atoms with Gasteiger partial charge < -0.3 is 20.3 Å². The summed E-state index contributed by atoms with van der Waals surface area (Å²) in [7, 11) is 0. The molecule has 1 aliphatic heterocycles. The van der Waals surface area contributed by atoms with Gasteiger partial charge in [0.25, 0.3) is 5.91 Å². The first-order valence-corrected chi connectivity index (χ1v) is 11.0. The van der Waals surface area contributed by atoms with Gasteiger partial charge in [-0.2, -0.15) is 5.26 Å². The van der Waals surface area contributed by atoms with E-state index in [9.17, 15) is 24.3 Å². The maximum atomic E-state index is 15.0. The molecule has 1 fully saturated rings. The Morgan fingerprint density at radius 1 is 1.45 bits per heavy atom. The van der Waals surface area contributed by atoms with E-state index in [1.54, 1.807) is 11.8 Å². The van der Waals surface area contributed by atoms with Crippen LogP contribution in [0.15, 0.2) is 18.6 Å². The van der Waals surface area contributed by atoms with Crippen LogP contribution in [0.4, 0.5) is 9.52 Å². The van der Waals surface area contributed by atoms with Crippen LogP contribution in [0.3, 0.4) is 0 Å². The zero-order valence-corrected chi connectivity index (χ0v) is 18.7. The number of nitrogens with zero attached hydrogens (tertiary/aromatic N) is 5. The van der Waals surface area contributed by atoms with Gasteiger partial charge in [-0.05, 0) is 13.3 Å². The zero-order valence-electron chi connectivity index (χ0n) is 17.2. The first-order chi connectivity index (χ1) is 15.8. The maximum Gasteiger partial charge on any atom is 0.348 e. The zero-order chi connectivity index (χ0) is 23.7. The molecule has 1 saturated heterocycles. The van der Waals surface area contributed by atoms with Crippen LogP contribution in [0.5, 0.6) is 0 Å². The molecule has 0 saturated carbocycles. The highest BCUT2D eigenvalue weighted by molar-refractivity contribution is 7.17. The lowest BCUT2D eigenvalue weighted by molar-refractivity contribution is 0.0702. The summed E-state index contributed by atoms with van der Waals surface area (Å²) in [5.41, 5.74) is 0.963. The first-order valence-electron chi connectivity index (χ1n) is 9.78. The third kappa shape index (κ3) is 4.37. The van der Waals surface area contributed by atoms with E-state index in [4.69, 9.17) is 11.6 Å². The molecular formula is C20H17ClFN7O3S. The van der Waals surface area contributed by atoms with Gasteiger partial charge in [0.05, 0.1) is 23.8 Å². The molecule has 13 heteroatoms. The summed E-state index contributed by atoms with van der Waals surface area (Å²) in [6.07, 6.45) is 3.12. The van der Waals surface area contributed by atoms with Gasteiger partial charge in [-0.25, -0.2) is 14.2 Å². The number of nitrogens with one attached hydrogen (secondary N) is 2. The van der Waals surface area contributed by atoms with Crippen molar-refractivity contribution in [1.29, 1.82) is 5.26 Å². The number of nitriles is 1. The smallest absolute Gasteiger partial charge is 0.348 e. The molecule has 3 N–H and O–H groups in total. The fourth-order valence-electron chi connectivity index (χ4n) is 3.54. The molecule has 10 nitrogen and oxygen atoms in total. The molecule has 0 aliphatic carbocycles. The van der Waals surface area contributed by atoms with Crippen LogP contribution < -0.4 is 10.2 Å². The lowest BCUT2D eigenvalue weighted by Crippen LogP contribution is -2.52. The number of aryl methyl sites for hydroxylation is 1. The molecule has 0 bridgehead atoms. The van der Waals surface area contributed by atoms with E-state index < -0.39 is 24.1 Å². The van der Waals surface area contributed by atoms with Crippen LogP contribution in [0, 0.1) is 18.3 Å². The molecule has 0 aromatic carbocycles. The molecule has 0 unspecified atom stereocenters. The van der Waals surface area contributed by atoms with E-state index in [0.29, 0.717) is 23.1 Å². The molecule has 1 amide bonds. The van der Waals surface area contributed by atoms with Crippen molar-refractivity contribution in [2.24, 2.45) is 0 Å². The number of amides is 1. The van der Waals surface area contributed by atoms with Gasteiger partial charge in [0.2, 0.25) is 0 Å². The Balaban J connectivity index is 1.49.